The maximum absolute atomic E-state index is 13.0. The monoisotopic (exact) mass is 472 g/mol. The number of piperazine rings is 1. The van der Waals surface area contributed by atoms with Gasteiger partial charge in [-0.1, -0.05) is 6.42 Å². The quantitative estimate of drug-likeness (QED) is 0.708. The molecule has 10 heteroatoms. The van der Waals surface area contributed by atoms with Crippen molar-refractivity contribution in [1.29, 1.82) is 10.5 Å². The summed E-state index contributed by atoms with van der Waals surface area (Å²) < 4.78 is 0. The van der Waals surface area contributed by atoms with E-state index in [0.717, 1.165) is 43.0 Å². The Hall–Kier alpha value is -3.76. The molecule has 2 unspecified atom stereocenters. The predicted octanol–water partition coefficient (Wildman–Crippen LogP) is 1.88. The first-order valence-corrected chi connectivity index (χ1v) is 11.9. The second-order valence-electron chi connectivity index (χ2n) is 10.0. The highest BCUT2D eigenvalue weighted by atomic mass is 16.3. The number of carbonyl (C=O) groups is 1. The van der Waals surface area contributed by atoms with E-state index < -0.39 is 12.0 Å². The third-order valence-corrected chi connectivity index (χ3v) is 7.74. The van der Waals surface area contributed by atoms with Gasteiger partial charge in [-0.15, -0.1) is 0 Å². The van der Waals surface area contributed by atoms with E-state index >= 15 is 0 Å². The molecule has 1 amide bonds. The molecule has 0 aromatic carbocycles. The predicted molar refractivity (Wildman–Crippen MR) is 128 cm³/mol. The van der Waals surface area contributed by atoms with Gasteiger partial charge in [0, 0.05) is 49.4 Å². The minimum Gasteiger partial charge on any atom is -0.394 e. The van der Waals surface area contributed by atoms with Gasteiger partial charge in [0.2, 0.25) is 5.91 Å². The minimum absolute atomic E-state index is 0.0529. The van der Waals surface area contributed by atoms with E-state index in [2.05, 4.69) is 25.8 Å². The number of fused-ring (bicyclic) bond motifs is 2. The van der Waals surface area contributed by atoms with Gasteiger partial charge in [-0.05, 0) is 38.8 Å². The van der Waals surface area contributed by atoms with Crippen LogP contribution in [0.2, 0.25) is 0 Å². The highest BCUT2D eigenvalue weighted by Gasteiger charge is 2.51. The average Bonchev–Trinajstić information content (AvgIpc) is 3.24. The van der Waals surface area contributed by atoms with Crippen molar-refractivity contribution in [1.82, 2.24) is 19.9 Å². The number of aliphatic hydroxyl groups excluding tert-OH is 1. The van der Waals surface area contributed by atoms with E-state index in [1.165, 1.54) is 6.92 Å². The number of pyridine rings is 1. The summed E-state index contributed by atoms with van der Waals surface area (Å²) in [6, 6.07) is 7.50. The van der Waals surface area contributed by atoms with Gasteiger partial charge in [-0.2, -0.15) is 10.5 Å². The number of rotatable bonds is 4. The molecule has 3 aliphatic rings. The zero-order chi connectivity index (χ0) is 24.8. The number of anilines is 3. The highest BCUT2D eigenvalue weighted by molar-refractivity contribution is 5.86. The highest BCUT2D eigenvalue weighted by Crippen LogP contribution is 2.56. The number of hydrogen-bond donors (Lipinski definition) is 1. The SMILES string of the molecule is CC1CN(c2ncnc3c2C2(CCC2)CN3c2cc(C#N)ccn2)CCN1C(=O)C(C)(C#N)CO. The Labute approximate surface area is 204 Å². The summed E-state index contributed by atoms with van der Waals surface area (Å²) in [6.07, 6.45) is 6.45. The molecule has 180 valence electrons. The average molecular weight is 473 g/mol. The van der Waals surface area contributed by atoms with Crippen LogP contribution in [0.15, 0.2) is 24.7 Å². The van der Waals surface area contributed by atoms with Gasteiger partial charge >= 0.3 is 0 Å². The number of carbonyl (C=O) groups excluding carboxylic acids is 1. The molecule has 2 aromatic heterocycles. The van der Waals surface area contributed by atoms with Crippen LogP contribution in [0.25, 0.3) is 0 Å². The van der Waals surface area contributed by atoms with Crippen molar-refractivity contribution in [2.75, 3.05) is 42.6 Å². The van der Waals surface area contributed by atoms with E-state index in [-0.39, 0.29) is 17.4 Å². The number of nitriles is 2. The second kappa shape index (κ2) is 8.47. The van der Waals surface area contributed by atoms with Crippen molar-refractivity contribution in [3.8, 4) is 12.1 Å². The Morgan fingerprint density at radius 2 is 2.03 bits per heavy atom. The fourth-order valence-corrected chi connectivity index (χ4v) is 5.50. The summed E-state index contributed by atoms with van der Waals surface area (Å²) in [4.78, 5) is 32.9. The summed E-state index contributed by atoms with van der Waals surface area (Å²) >= 11 is 0. The molecule has 10 nitrogen and oxygen atoms in total. The standard InChI is InChI=1S/C25H28N8O2/c1-17-12-31(8-9-32(17)23(35)24(2,13-27)15-34)21-20-22(30-16-29-21)33(14-25(20)5-3-6-25)19-10-18(11-26)4-7-28-19/h4,7,10,16-17,34H,3,5-6,8-9,12,14-15H2,1-2H3. The second-order valence-corrected chi connectivity index (χ2v) is 10.0. The number of aromatic nitrogens is 3. The molecular formula is C25H28N8O2. The zero-order valence-electron chi connectivity index (χ0n) is 20.0. The molecular weight excluding hydrogens is 444 g/mol. The first-order chi connectivity index (χ1) is 16.9. The first-order valence-electron chi connectivity index (χ1n) is 11.9. The number of hydrogen-bond acceptors (Lipinski definition) is 9. The molecule has 1 aliphatic carbocycles. The molecule has 0 radical (unpaired) electrons. The van der Waals surface area contributed by atoms with Gasteiger partial charge in [0.1, 0.15) is 23.8 Å². The van der Waals surface area contributed by atoms with E-state index in [0.29, 0.717) is 31.0 Å². The van der Waals surface area contributed by atoms with Crippen LogP contribution in [0, 0.1) is 28.1 Å². The van der Waals surface area contributed by atoms with Crippen molar-refractivity contribution < 1.29 is 9.90 Å². The van der Waals surface area contributed by atoms with Crippen LogP contribution in [-0.4, -0.2) is 69.7 Å². The summed E-state index contributed by atoms with van der Waals surface area (Å²) in [7, 11) is 0. The lowest BCUT2D eigenvalue weighted by atomic mass is 9.66. The molecule has 4 heterocycles. The Morgan fingerprint density at radius 3 is 2.66 bits per heavy atom. The molecule has 35 heavy (non-hydrogen) atoms. The zero-order valence-corrected chi connectivity index (χ0v) is 20.0. The normalized spacial score (nSPS) is 22.1. The molecule has 0 bridgehead atoms. The van der Waals surface area contributed by atoms with Gasteiger partial charge in [0.15, 0.2) is 5.41 Å². The van der Waals surface area contributed by atoms with Gasteiger partial charge in [-0.3, -0.25) is 4.79 Å². The van der Waals surface area contributed by atoms with Gasteiger partial charge in [0.25, 0.3) is 0 Å². The van der Waals surface area contributed by atoms with Gasteiger partial charge < -0.3 is 19.8 Å². The third-order valence-electron chi connectivity index (χ3n) is 7.74. The molecule has 1 spiro atoms. The lowest BCUT2D eigenvalue weighted by molar-refractivity contribution is -0.142. The number of aliphatic hydroxyl groups is 1. The molecule has 2 aliphatic heterocycles. The maximum atomic E-state index is 13.0. The minimum atomic E-state index is -1.44. The maximum Gasteiger partial charge on any atom is 0.245 e. The fraction of sp³-hybridized carbons (Fsp3) is 0.520. The lowest BCUT2D eigenvalue weighted by Crippen LogP contribution is -2.58. The molecule has 2 fully saturated rings. The van der Waals surface area contributed by atoms with Crippen LogP contribution >= 0.6 is 0 Å². The topological polar surface area (TPSA) is 133 Å². The van der Waals surface area contributed by atoms with Crippen molar-refractivity contribution in [2.24, 2.45) is 5.41 Å². The van der Waals surface area contributed by atoms with Gasteiger partial charge in [0.05, 0.1) is 24.3 Å². The molecule has 2 atom stereocenters. The smallest absolute Gasteiger partial charge is 0.245 e. The Balaban J connectivity index is 1.47. The van der Waals surface area contributed by atoms with Crippen LogP contribution in [-0.2, 0) is 10.2 Å². The Morgan fingerprint density at radius 1 is 1.26 bits per heavy atom. The van der Waals surface area contributed by atoms with E-state index in [4.69, 9.17) is 4.98 Å². The lowest BCUT2D eigenvalue weighted by Gasteiger charge is -2.44. The first kappa shape index (κ1) is 23.0. The van der Waals surface area contributed by atoms with Crippen LogP contribution in [0.1, 0.15) is 44.2 Å². The summed E-state index contributed by atoms with van der Waals surface area (Å²) in [5, 5.41) is 28.4. The van der Waals surface area contributed by atoms with Crippen molar-refractivity contribution >= 4 is 23.4 Å². The molecule has 1 N–H and O–H groups in total. The Bertz CT molecular complexity index is 1250. The van der Waals surface area contributed by atoms with Crippen molar-refractivity contribution in [3.05, 3.63) is 35.8 Å². The van der Waals surface area contributed by atoms with E-state index in [1.807, 2.05) is 13.0 Å². The fourth-order valence-electron chi connectivity index (χ4n) is 5.50. The van der Waals surface area contributed by atoms with Crippen LogP contribution < -0.4 is 9.80 Å². The summed E-state index contributed by atoms with van der Waals surface area (Å²) in [5.41, 5.74) is 0.193. The van der Waals surface area contributed by atoms with Crippen molar-refractivity contribution in [3.63, 3.8) is 0 Å². The summed E-state index contributed by atoms with van der Waals surface area (Å²) in [5.74, 6) is 2.09. The van der Waals surface area contributed by atoms with Crippen molar-refractivity contribution in [2.45, 2.75) is 44.6 Å². The van der Waals surface area contributed by atoms with Crippen LogP contribution in [0.5, 0.6) is 0 Å². The van der Waals surface area contributed by atoms with Gasteiger partial charge in [-0.25, -0.2) is 15.0 Å². The summed E-state index contributed by atoms with van der Waals surface area (Å²) in [6.45, 7) is 5.28. The van der Waals surface area contributed by atoms with Crippen LogP contribution in [0.4, 0.5) is 17.5 Å². The number of amides is 1. The third kappa shape index (κ3) is 3.57. The molecule has 1 saturated carbocycles. The molecule has 1 saturated heterocycles. The molecule has 5 rings (SSSR count). The Kier molecular flexibility index (Phi) is 5.57. The van der Waals surface area contributed by atoms with E-state index in [1.54, 1.807) is 29.6 Å². The molecule has 2 aromatic rings. The van der Waals surface area contributed by atoms with E-state index in [9.17, 15) is 20.4 Å². The number of nitrogens with zero attached hydrogens (tertiary/aromatic N) is 8. The largest absolute Gasteiger partial charge is 0.394 e. The van der Waals surface area contributed by atoms with Crippen LogP contribution in [0.3, 0.4) is 0 Å².